The average Bonchev–Trinajstić information content (AvgIpc) is 2.54. The highest BCUT2D eigenvalue weighted by molar-refractivity contribution is 7.89. The fourth-order valence-corrected chi connectivity index (χ4v) is 3.57. The Hall–Kier alpha value is -1.69. The molecule has 1 aliphatic rings. The second-order valence-electron chi connectivity index (χ2n) is 4.97. The lowest BCUT2D eigenvalue weighted by Crippen LogP contribution is -2.31. The first-order valence-corrected chi connectivity index (χ1v) is 8.39. The zero-order valence-electron chi connectivity index (χ0n) is 11.5. The number of benzene rings is 2. The second kappa shape index (κ2) is 5.97. The molecule has 0 spiro atoms. The summed E-state index contributed by atoms with van der Waals surface area (Å²) >= 11 is 0. The fraction of sp³-hybridized carbons (Fsp3) is 0.250. The molecule has 3 rings (SSSR count). The van der Waals surface area contributed by atoms with Crippen LogP contribution in [0.1, 0.15) is 17.2 Å². The third-order valence-corrected chi connectivity index (χ3v) is 5.04. The highest BCUT2D eigenvalue weighted by atomic mass is 32.2. The molecule has 0 aromatic heterocycles. The Morgan fingerprint density at radius 1 is 1.05 bits per heavy atom. The maximum absolute atomic E-state index is 12.2. The van der Waals surface area contributed by atoms with Gasteiger partial charge in [0, 0.05) is 6.54 Å². The van der Waals surface area contributed by atoms with Crippen molar-refractivity contribution in [3.05, 3.63) is 65.7 Å². The van der Waals surface area contributed by atoms with E-state index in [0.717, 1.165) is 12.0 Å². The lowest BCUT2D eigenvalue weighted by Gasteiger charge is -2.26. The summed E-state index contributed by atoms with van der Waals surface area (Å²) in [5.74, 6) is 0. The van der Waals surface area contributed by atoms with Gasteiger partial charge in [0.1, 0.15) is 0 Å². The molecule has 0 saturated carbocycles. The van der Waals surface area contributed by atoms with Crippen molar-refractivity contribution in [1.82, 2.24) is 4.72 Å². The molecule has 21 heavy (non-hydrogen) atoms. The molecule has 1 heterocycles. The first-order valence-electron chi connectivity index (χ1n) is 6.91. The molecule has 0 fully saturated rings. The van der Waals surface area contributed by atoms with Crippen LogP contribution in [0.2, 0.25) is 0 Å². The largest absolute Gasteiger partial charge is 0.372 e. The minimum atomic E-state index is -3.49. The van der Waals surface area contributed by atoms with Crippen molar-refractivity contribution in [2.45, 2.75) is 17.4 Å². The maximum Gasteiger partial charge on any atom is 0.240 e. The molecule has 0 aliphatic carbocycles. The molecule has 0 radical (unpaired) electrons. The Balaban J connectivity index is 1.75. The highest BCUT2D eigenvalue weighted by Crippen LogP contribution is 2.26. The standard InChI is InChI=1S/C16H17NO3S/c18-21(19,14-7-2-1-3-8-14)17-12-16-15-9-5-4-6-13(15)10-11-20-16/h1-9,16-17H,10-12H2/t16-/m1/s1. The van der Waals surface area contributed by atoms with Crippen molar-refractivity contribution in [2.75, 3.05) is 13.2 Å². The van der Waals surface area contributed by atoms with E-state index in [1.807, 2.05) is 18.2 Å². The van der Waals surface area contributed by atoms with Crippen LogP contribution in [0.3, 0.4) is 0 Å². The van der Waals surface area contributed by atoms with Crippen LogP contribution < -0.4 is 4.72 Å². The second-order valence-corrected chi connectivity index (χ2v) is 6.74. The molecule has 0 saturated heterocycles. The summed E-state index contributed by atoms with van der Waals surface area (Å²) in [4.78, 5) is 0.272. The molecule has 4 nitrogen and oxygen atoms in total. The molecule has 1 aliphatic heterocycles. The number of fused-ring (bicyclic) bond motifs is 1. The molecular formula is C16H17NO3S. The monoisotopic (exact) mass is 303 g/mol. The smallest absolute Gasteiger partial charge is 0.240 e. The molecule has 0 bridgehead atoms. The van der Waals surface area contributed by atoms with Crippen LogP contribution in [0.15, 0.2) is 59.5 Å². The lowest BCUT2D eigenvalue weighted by molar-refractivity contribution is 0.0460. The number of hydrogen-bond donors (Lipinski definition) is 1. The van der Waals surface area contributed by atoms with E-state index in [0.29, 0.717) is 6.61 Å². The molecule has 5 heteroatoms. The van der Waals surface area contributed by atoms with Crippen molar-refractivity contribution in [1.29, 1.82) is 0 Å². The molecule has 110 valence electrons. The van der Waals surface area contributed by atoms with Gasteiger partial charge in [0.2, 0.25) is 10.0 Å². The lowest BCUT2D eigenvalue weighted by atomic mass is 9.98. The summed E-state index contributed by atoms with van der Waals surface area (Å²) in [5, 5.41) is 0. The van der Waals surface area contributed by atoms with E-state index < -0.39 is 10.0 Å². The SMILES string of the molecule is O=S(=O)(NC[C@H]1OCCc2ccccc21)c1ccccc1. The minimum Gasteiger partial charge on any atom is -0.372 e. The predicted octanol–water partition coefficient (Wildman–Crippen LogP) is 2.28. The van der Waals surface area contributed by atoms with E-state index in [2.05, 4.69) is 10.8 Å². The minimum absolute atomic E-state index is 0.228. The third-order valence-electron chi connectivity index (χ3n) is 3.60. The topological polar surface area (TPSA) is 55.4 Å². The Kier molecular flexibility index (Phi) is 4.05. The Morgan fingerprint density at radius 3 is 2.57 bits per heavy atom. The normalized spacial score (nSPS) is 18.2. The van der Waals surface area contributed by atoms with Gasteiger partial charge in [0.15, 0.2) is 0 Å². The highest BCUT2D eigenvalue weighted by Gasteiger charge is 2.23. The van der Waals surface area contributed by atoms with Gasteiger partial charge in [0.05, 0.1) is 17.6 Å². The Labute approximate surface area is 124 Å². The van der Waals surface area contributed by atoms with Gasteiger partial charge in [-0.1, -0.05) is 42.5 Å². The number of nitrogens with one attached hydrogen (secondary N) is 1. The third kappa shape index (κ3) is 3.15. The van der Waals surface area contributed by atoms with Crippen LogP contribution in [-0.2, 0) is 21.2 Å². The van der Waals surface area contributed by atoms with Crippen molar-refractivity contribution < 1.29 is 13.2 Å². The van der Waals surface area contributed by atoms with Crippen LogP contribution >= 0.6 is 0 Å². The maximum atomic E-state index is 12.2. The summed E-state index contributed by atoms with van der Waals surface area (Å²) < 4.78 is 32.8. The van der Waals surface area contributed by atoms with Gasteiger partial charge in [-0.15, -0.1) is 0 Å². The van der Waals surface area contributed by atoms with E-state index in [4.69, 9.17) is 4.74 Å². The van der Waals surface area contributed by atoms with Crippen LogP contribution in [0.25, 0.3) is 0 Å². The van der Waals surface area contributed by atoms with Crippen molar-refractivity contribution in [3.8, 4) is 0 Å². The molecule has 0 amide bonds. The van der Waals surface area contributed by atoms with E-state index in [-0.39, 0.29) is 17.5 Å². The molecule has 1 atom stereocenters. The predicted molar refractivity (Wildman–Crippen MR) is 80.5 cm³/mol. The Bertz CT molecular complexity index is 713. The van der Waals surface area contributed by atoms with E-state index in [9.17, 15) is 8.42 Å². The van der Waals surface area contributed by atoms with Gasteiger partial charge in [0.25, 0.3) is 0 Å². The molecule has 1 N–H and O–H groups in total. The van der Waals surface area contributed by atoms with Crippen LogP contribution in [0.4, 0.5) is 0 Å². The fourth-order valence-electron chi connectivity index (χ4n) is 2.51. The number of rotatable bonds is 4. The quantitative estimate of drug-likeness (QED) is 0.943. The summed E-state index contributed by atoms with van der Waals surface area (Å²) in [7, 11) is -3.49. The van der Waals surface area contributed by atoms with Crippen molar-refractivity contribution >= 4 is 10.0 Å². The summed E-state index contributed by atoms with van der Waals surface area (Å²) in [6.45, 7) is 0.864. The van der Waals surface area contributed by atoms with E-state index >= 15 is 0 Å². The van der Waals surface area contributed by atoms with E-state index in [1.54, 1.807) is 30.3 Å². The van der Waals surface area contributed by atoms with Crippen LogP contribution in [0.5, 0.6) is 0 Å². The molecule has 2 aromatic rings. The number of sulfonamides is 1. The van der Waals surface area contributed by atoms with Gasteiger partial charge in [-0.2, -0.15) is 0 Å². The van der Waals surface area contributed by atoms with Crippen molar-refractivity contribution in [3.63, 3.8) is 0 Å². The summed E-state index contributed by atoms with van der Waals surface area (Å²) in [5.41, 5.74) is 2.30. The van der Waals surface area contributed by atoms with Crippen LogP contribution in [-0.4, -0.2) is 21.6 Å². The van der Waals surface area contributed by atoms with Gasteiger partial charge < -0.3 is 4.74 Å². The van der Waals surface area contributed by atoms with Crippen LogP contribution in [0, 0.1) is 0 Å². The first kappa shape index (κ1) is 14.3. The number of hydrogen-bond acceptors (Lipinski definition) is 3. The zero-order valence-corrected chi connectivity index (χ0v) is 12.3. The molecule has 2 aromatic carbocycles. The first-order chi connectivity index (χ1) is 10.2. The van der Waals surface area contributed by atoms with Gasteiger partial charge in [-0.25, -0.2) is 13.1 Å². The Morgan fingerprint density at radius 2 is 1.76 bits per heavy atom. The number of ether oxygens (including phenoxy) is 1. The van der Waals surface area contributed by atoms with Gasteiger partial charge in [-0.05, 0) is 29.7 Å². The summed E-state index contributed by atoms with van der Waals surface area (Å²) in [6.07, 6.45) is 0.645. The van der Waals surface area contributed by atoms with Gasteiger partial charge >= 0.3 is 0 Å². The van der Waals surface area contributed by atoms with Crippen molar-refractivity contribution in [2.24, 2.45) is 0 Å². The average molecular weight is 303 g/mol. The van der Waals surface area contributed by atoms with E-state index in [1.165, 1.54) is 5.56 Å². The molecular weight excluding hydrogens is 286 g/mol. The molecule has 0 unspecified atom stereocenters. The summed E-state index contributed by atoms with van der Waals surface area (Å²) in [6, 6.07) is 16.4. The van der Waals surface area contributed by atoms with Gasteiger partial charge in [-0.3, -0.25) is 0 Å². The zero-order chi connectivity index (χ0) is 14.7.